The smallest absolute Gasteiger partial charge is 0.467 e. The first-order chi connectivity index (χ1) is 11.7. The van der Waals surface area contributed by atoms with E-state index in [9.17, 15) is 0 Å². The van der Waals surface area contributed by atoms with Crippen molar-refractivity contribution in [2.75, 3.05) is 5.73 Å². The lowest BCUT2D eigenvalue weighted by molar-refractivity contribution is 0.00578. The molecule has 0 bridgehead atoms. The topological polar surface area (TPSA) is 79.5 Å². The molecule has 1 saturated heterocycles. The van der Waals surface area contributed by atoms with E-state index in [0.29, 0.717) is 5.59 Å². The van der Waals surface area contributed by atoms with Gasteiger partial charge in [0.2, 0.25) is 0 Å². The molecule has 0 radical (unpaired) electrons. The summed E-state index contributed by atoms with van der Waals surface area (Å²) in [6.07, 6.45) is 1.36. The molecule has 0 amide bonds. The van der Waals surface area contributed by atoms with Crippen LogP contribution in [0.1, 0.15) is 46.3 Å². The van der Waals surface area contributed by atoms with E-state index in [1.807, 2.05) is 65.0 Å². The molecule has 3 rings (SSSR count). The number of benzene rings is 1. The number of hydrogen-bond donors (Lipinski definition) is 1. The molecule has 0 aliphatic carbocycles. The minimum Gasteiger partial charge on any atom is -0.467 e. The highest BCUT2D eigenvalue weighted by molar-refractivity contribution is 6.61. The molecule has 25 heavy (non-hydrogen) atoms. The summed E-state index contributed by atoms with van der Waals surface area (Å²) in [5, 5.41) is 0. The van der Waals surface area contributed by atoms with E-state index in [4.69, 9.17) is 19.8 Å². The molecule has 2 N–H and O–H groups in total. The summed E-state index contributed by atoms with van der Waals surface area (Å²) in [6.45, 7) is 9.91. The molecule has 1 aromatic carbocycles. The van der Waals surface area contributed by atoms with E-state index in [2.05, 4.69) is 9.97 Å². The Bertz CT molecular complexity index is 736. The quantitative estimate of drug-likeness (QED) is 0.861. The Morgan fingerprint density at radius 1 is 1.08 bits per heavy atom. The van der Waals surface area contributed by atoms with Crippen molar-refractivity contribution in [3.8, 4) is 5.88 Å². The molecular weight excluding hydrogens is 317 g/mol. The third kappa shape index (κ3) is 3.48. The van der Waals surface area contributed by atoms with E-state index < -0.39 is 18.3 Å². The molecule has 2 aromatic rings. The van der Waals surface area contributed by atoms with Crippen LogP contribution in [-0.4, -0.2) is 28.3 Å². The molecule has 6 nitrogen and oxygen atoms in total. The molecular formula is C18H24BN3O3. The van der Waals surface area contributed by atoms with Gasteiger partial charge in [0.15, 0.2) is 5.82 Å². The van der Waals surface area contributed by atoms with Gasteiger partial charge >= 0.3 is 7.12 Å². The number of aromatic nitrogens is 2. The van der Waals surface area contributed by atoms with Gasteiger partial charge in [-0.2, -0.15) is 0 Å². The lowest BCUT2D eigenvalue weighted by Gasteiger charge is -2.32. The summed E-state index contributed by atoms with van der Waals surface area (Å²) in [5.74, 6) is 0.520. The van der Waals surface area contributed by atoms with Gasteiger partial charge in [-0.15, -0.1) is 0 Å². The van der Waals surface area contributed by atoms with Crippen molar-refractivity contribution >= 4 is 18.5 Å². The van der Waals surface area contributed by atoms with Crippen LogP contribution >= 0.6 is 0 Å². The van der Waals surface area contributed by atoms with Crippen LogP contribution in [0.2, 0.25) is 0 Å². The van der Waals surface area contributed by atoms with Crippen LogP contribution in [0.5, 0.6) is 5.88 Å². The highest BCUT2D eigenvalue weighted by Crippen LogP contribution is 2.36. The van der Waals surface area contributed by atoms with Gasteiger partial charge in [-0.25, -0.2) is 9.97 Å². The highest BCUT2D eigenvalue weighted by atomic mass is 16.7. The average molecular weight is 341 g/mol. The number of rotatable bonds is 4. The van der Waals surface area contributed by atoms with Crippen molar-refractivity contribution in [1.29, 1.82) is 0 Å². The first-order valence-electron chi connectivity index (χ1n) is 8.39. The molecule has 132 valence electrons. The second-order valence-corrected chi connectivity index (χ2v) is 7.24. The van der Waals surface area contributed by atoms with E-state index in [0.717, 1.165) is 5.56 Å². The predicted octanol–water partition coefficient (Wildman–Crippen LogP) is 2.50. The largest absolute Gasteiger partial charge is 0.516 e. The number of anilines is 1. The molecule has 1 aliphatic heterocycles. The van der Waals surface area contributed by atoms with Gasteiger partial charge < -0.3 is 19.8 Å². The van der Waals surface area contributed by atoms with Gasteiger partial charge in [-0.3, -0.25) is 0 Å². The first kappa shape index (κ1) is 17.7. The average Bonchev–Trinajstić information content (AvgIpc) is 2.78. The summed E-state index contributed by atoms with van der Waals surface area (Å²) in [7, 11) is -0.604. The van der Waals surface area contributed by atoms with E-state index >= 15 is 0 Å². The summed E-state index contributed by atoms with van der Waals surface area (Å²) < 4.78 is 18.0. The van der Waals surface area contributed by atoms with Crippen LogP contribution in [0.25, 0.3) is 0 Å². The van der Waals surface area contributed by atoms with Gasteiger partial charge in [0.1, 0.15) is 6.10 Å². The summed E-state index contributed by atoms with van der Waals surface area (Å²) in [5.41, 5.74) is 6.63. The van der Waals surface area contributed by atoms with E-state index in [1.54, 1.807) is 6.20 Å². The summed E-state index contributed by atoms with van der Waals surface area (Å²) in [4.78, 5) is 8.69. The molecule has 7 heteroatoms. The fourth-order valence-electron chi connectivity index (χ4n) is 2.52. The van der Waals surface area contributed by atoms with Crippen molar-refractivity contribution < 1.29 is 14.0 Å². The molecule has 1 unspecified atom stereocenters. The third-order valence-electron chi connectivity index (χ3n) is 4.84. The Morgan fingerprint density at radius 2 is 1.68 bits per heavy atom. The molecule has 2 heterocycles. The fraction of sp³-hybridized carbons (Fsp3) is 0.444. The van der Waals surface area contributed by atoms with Crippen molar-refractivity contribution in [2.45, 2.75) is 51.9 Å². The normalized spacial score (nSPS) is 19.6. The Kier molecular flexibility index (Phi) is 4.47. The fourth-order valence-corrected chi connectivity index (χ4v) is 2.52. The van der Waals surface area contributed by atoms with Crippen LogP contribution in [0.15, 0.2) is 36.5 Å². The standard InChI is InChI=1S/C18H24BN3O3/c1-12(13-9-7-6-8-10-13)23-16-15(20)21-11-14(22-16)19-24-17(2,3)18(4,5)25-19/h6-12H,1-5H3,(H2,20,21). The molecule has 1 atom stereocenters. The zero-order valence-corrected chi connectivity index (χ0v) is 15.3. The maximum absolute atomic E-state index is 6.01. The molecule has 0 spiro atoms. The van der Waals surface area contributed by atoms with Gasteiger partial charge in [0.05, 0.1) is 16.8 Å². The zero-order valence-electron chi connectivity index (χ0n) is 15.3. The van der Waals surface area contributed by atoms with Crippen LogP contribution in [-0.2, 0) is 9.31 Å². The number of nitrogens with zero attached hydrogens (tertiary/aromatic N) is 2. The minimum absolute atomic E-state index is 0.202. The van der Waals surface area contributed by atoms with Crippen molar-refractivity contribution in [3.63, 3.8) is 0 Å². The zero-order chi connectivity index (χ0) is 18.2. The van der Waals surface area contributed by atoms with Crippen molar-refractivity contribution in [1.82, 2.24) is 9.97 Å². The Labute approximate surface area is 148 Å². The monoisotopic (exact) mass is 341 g/mol. The summed E-state index contributed by atoms with van der Waals surface area (Å²) >= 11 is 0. The molecule has 1 aliphatic rings. The second kappa shape index (κ2) is 6.31. The van der Waals surface area contributed by atoms with E-state index in [1.165, 1.54) is 0 Å². The predicted molar refractivity (Wildman–Crippen MR) is 97.6 cm³/mol. The molecule has 1 fully saturated rings. The number of hydrogen-bond acceptors (Lipinski definition) is 6. The van der Waals surface area contributed by atoms with Crippen molar-refractivity contribution in [2.24, 2.45) is 0 Å². The minimum atomic E-state index is -0.604. The van der Waals surface area contributed by atoms with Gasteiger partial charge in [-0.1, -0.05) is 30.3 Å². The Hall–Kier alpha value is -2.12. The lowest BCUT2D eigenvalue weighted by atomic mass is 9.85. The molecule has 1 aromatic heterocycles. The van der Waals surface area contributed by atoms with Crippen LogP contribution in [0.4, 0.5) is 5.82 Å². The highest BCUT2D eigenvalue weighted by Gasteiger charge is 2.52. The van der Waals surface area contributed by atoms with E-state index in [-0.39, 0.29) is 17.8 Å². The third-order valence-corrected chi connectivity index (χ3v) is 4.84. The molecule has 0 saturated carbocycles. The maximum Gasteiger partial charge on any atom is 0.516 e. The first-order valence-corrected chi connectivity index (χ1v) is 8.39. The van der Waals surface area contributed by atoms with Crippen molar-refractivity contribution in [3.05, 3.63) is 42.1 Å². The number of nitrogen functional groups attached to an aromatic ring is 1. The lowest BCUT2D eigenvalue weighted by Crippen LogP contribution is -2.41. The van der Waals surface area contributed by atoms with Crippen LogP contribution in [0.3, 0.4) is 0 Å². The second-order valence-electron chi connectivity index (χ2n) is 7.24. The van der Waals surface area contributed by atoms with Crippen LogP contribution in [0, 0.1) is 0 Å². The summed E-state index contributed by atoms with van der Waals surface area (Å²) in [6, 6.07) is 9.87. The van der Waals surface area contributed by atoms with Gasteiger partial charge in [0.25, 0.3) is 5.88 Å². The maximum atomic E-state index is 6.01. The SMILES string of the molecule is CC(Oc1nc(B2OC(C)(C)C(C)(C)O2)cnc1N)c1ccccc1. The number of nitrogens with two attached hydrogens (primary N) is 1. The number of ether oxygens (including phenoxy) is 1. The Balaban J connectivity index is 1.82. The van der Waals surface area contributed by atoms with Crippen LogP contribution < -0.4 is 16.1 Å². The van der Waals surface area contributed by atoms with Gasteiger partial charge in [-0.05, 0) is 40.2 Å². The van der Waals surface area contributed by atoms with Gasteiger partial charge in [0, 0.05) is 6.20 Å². The Morgan fingerprint density at radius 3 is 2.28 bits per heavy atom.